The quantitative estimate of drug-likeness (QED) is 0.466. The fourth-order valence-electron chi connectivity index (χ4n) is 3.95. The van der Waals surface area contributed by atoms with Crippen LogP contribution >= 0.6 is 35.0 Å². The second-order valence-electron chi connectivity index (χ2n) is 8.41. The van der Waals surface area contributed by atoms with Crippen LogP contribution in [0.25, 0.3) is 0 Å². The first-order chi connectivity index (χ1) is 15.3. The third kappa shape index (κ3) is 7.16. The summed E-state index contributed by atoms with van der Waals surface area (Å²) < 4.78 is 0. The number of benzene rings is 2. The summed E-state index contributed by atoms with van der Waals surface area (Å²) in [5, 5.41) is 4.32. The van der Waals surface area contributed by atoms with Gasteiger partial charge in [-0.1, -0.05) is 71.9 Å². The molecule has 0 aromatic heterocycles. The van der Waals surface area contributed by atoms with Crippen LogP contribution in [-0.2, 0) is 21.9 Å². The van der Waals surface area contributed by atoms with Crippen molar-refractivity contribution in [3.63, 3.8) is 0 Å². The molecular weight excluding hydrogens is 463 g/mol. The average molecular weight is 494 g/mol. The molecule has 2 amide bonds. The molecule has 1 N–H and O–H groups in total. The highest BCUT2D eigenvalue weighted by Gasteiger charge is 2.28. The number of rotatable bonds is 9. The van der Waals surface area contributed by atoms with Gasteiger partial charge in [0.05, 0.1) is 5.75 Å². The maximum atomic E-state index is 13.2. The maximum Gasteiger partial charge on any atom is 0.242 e. The molecule has 1 fully saturated rings. The average Bonchev–Trinajstić information content (AvgIpc) is 3.26. The fraction of sp³-hybridized carbons (Fsp3) is 0.440. The molecule has 0 aliphatic heterocycles. The van der Waals surface area contributed by atoms with E-state index in [1.165, 1.54) is 11.8 Å². The van der Waals surface area contributed by atoms with Gasteiger partial charge < -0.3 is 10.2 Å². The molecule has 2 aromatic carbocycles. The number of nitrogens with one attached hydrogen (secondary N) is 1. The van der Waals surface area contributed by atoms with Crippen molar-refractivity contribution in [3.05, 3.63) is 69.2 Å². The van der Waals surface area contributed by atoms with Gasteiger partial charge in [0.2, 0.25) is 11.8 Å². The van der Waals surface area contributed by atoms with Crippen LogP contribution in [-0.4, -0.2) is 34.6 Å². The molecule has 32 heavy (non-hydrogen) atoms. The lowest BCUT2D eigenvalue weighted by Crippen LogP contribution is -2.50. The zero-order valence-electron chi connectivity index (χ0n) is 18.6. The number of aryl methyl sites for hydroxylation is 1. The molecule has 1 unspecified atom stereocenters. The lowest BCUT2D eigenvalue weighted by molar-refractivity contribution is -0.138. The number of halogens is 2. The van der Waals surface area contributed by atoms with Gasteiger partial charge in [-0.05, 0) is 49.9 Å². The molecule has 1 saturated carbocycles. The Labute approximate surface area is 205 Å². The number of nitrogens with zero attached hydrogens (tertiary/aromatic N) is 1. The number of amides is 2. The zero-order chi connectivity index (χ0) is 23.1. The maximum absolute atomic E-state index is 13.2. The van der Waals surface area contributed by atoms with E-state index in [1.807, 2.05) is 38.1 Å². The van der Waals surface area contributed by atoms with Crippen LogP contribution in [0.5, 0.6) is 0 Å². The second kappa shape index (κ2) is 12.0. The van der Waals surface area contributed by atoms with Crippen molar-refractivity contribution in [1.29, 1.82) is 0 Å². The van der Waals surface area contributed by atoms with Crippen molar-refractivity contribution in [1.82, 2.24) is 10.2 Å². The molecule has 1 atom stereocenters. The summed E-state index contributed by atoms with van der Waals surface area (Å²) in [6, 6.07) is 13.1. The first-order valence-corrected chi connectivity index (χ1v) is 12.9. The molecule has 0 bridgehead atoms. The van der Waals surface area contributed by atoms with Gasteiger partial charge >= 0.3 is 0 Å². The third-order valence-corrected chi connectivity index (χ3v) is 7.36. The summed E-state index contributed by atoms with van der Waals surface area (Å²) in [6.45, 7) is 4.25. The van der Waals surface area contributed by atoms with Gasteiger partial charge in [0.15, 0.2) is 0 Å². The van der Waals surface area contributed by atoms with Gasteiger partial charge in [-0.2, -0.15) is 0 Å². The van der Waals surface area contributed by atoms with E-state index < -0.39 is 6.04 Å². The normalized spacial score (nSPS) is 14.9. The topological polar surface area (TPSA) is 49.4 Å². The van der Waals surface area contributed by atoms with Crippen molar-refractivity contribution >= 4 is 46.8 Å². The molecule has 1 aliphatic rings. The Morgan fingerprint density at radius 3 is 2.59 bits per heavy atom. The lowest BCUT2D eigenvalue weighted by Gasteiger charge is -2.30. The van der Waals surface area contributed by atoms with Crippen molar-refractivity contribution < 1.29 is 9.59 Å². The molecular formula is C25H30Cl2N2O2S. The highest BCUT2D eigenvalue weighted by Crippen LogP contribution is 2.25. The smallest absolute Gasteiger partial charge is 0.242 e. The fourth-order valence-corrected chi connectivity index (χ4v) is 5.42. The Morgan fingerprint density at radius 1 is 1.16 bits per heavy atom. The molecule has 7 heteroatoms. The van der Waals surface area contributed by atoms with Crippen molar-refractivity contribution in [2.24, 2.45) is 0 Å². The monoisotopic (exact) mass is 492 g/mol. The molecule has 172 valence electrons. The molecule has 1 aliphatic carbocycles. The van der Waals surface area contributed by atoms with Crippen LogP contribution in [0.4, 0.5) is 0 Å². The molecule has 4 nitrogen and oxygen atoms in total. The number of hydrogen-bond acceptors (Lipinski definition) is 3. The number of carbonyl (C=O) groups excluding carboxylic acids is 2. The van der Waals surface area contributed by atoms with Gasteiger partial charge in [-0.15, -0.1) is 11.8 Å². The second-order valence-corrected chi connectivity index (χ2v) is 10.2. The summed E-state index contributed by atoms with van der Waals surface area (Å²) in [6.07, 6.45) is 4.33. The standard InChI is InChI=1S/C25H30Cl2N2O2S/c1-17-6-5-7-19(12-17)14-29(18(2)25(31)28-22-8-3-4-9-22)24(30)16-32-15-20-10-11-21(26)13-23(20)27/h5-7,10-13,18,22H,3-4,8-9,14-16H2,1-2H3,(H,28,31). The van der Waals surface area contributed by atoms with Crippen LogP contribution in [0.15, 0.2) is 42.5 Å². The van der Waals surface area contributed by atoms with Crippen LogP contribution in [0.2, 0.25) is 10.0 Å². The van der Waals surface area contributed by atoms with E-state index in [-0.39, 0.29) is 23.6 Å². The van der Waals surface area contributed by atoms with Crippen molar-refractivity contribution in [2.75, 3.05) is 5.75 Å². The minimum absolute atomic E-state index is 0.0596. The van der Waals surface area contributed by atoms with Gasteiger partial charge in [-0.25, -0.2) is 0 Å². The van der Waals surface area contributed by atoms with Gasteiger partial charge in [-0.3, -0.25) is 9.59 Å². The minimum Gasteiger partial charge on any atom is -0.352 e. The Hall–Kier alpha value is -1.69. The van der Waals surface area contributed by atoms with Crippen LogP contribution < -0.4 is 5.32 Å². The third-order valence-electron chi connectivity index (χ3n) is 5.80. The summed E-state index contributed by atoms with van der Waals surface area (Å²) in [5.41, 5.74) is 3.08. The molecule has 0 heterocycles. The van der Waals surface area contributed by atoms with Gasteiger partial charge in [0.25, 0.3) is 0 Å². The van der Waals surface area contributed by atoms with E-state index in [0.717, 1.165) is 42.4 Å². The molecule has 0 radical (unpaired) electrons. The highest BCUT2D eigenvalue weighted by atomic mass is 35.5. The SMILES string of the molecule is Cc1cccc(CN(C(=O)CSCc2ccc(Cl)cc2Cl)C(C)C(=O)NC2CCCC2)c1. The lowest BCUT2D eigenvalue weighted by atomic mass is 10.1. The Kier molecular flexibility index (Phi) is 9.33. The van der Waals surface area contributed by atoms with E-state index >= 15 is 0 Å². The molecule has 0 saturated heterocycles. The Bertz CT molecular complexity index is 947. The minimum atomic E-state index is -0.539. The predicted octanol–water partition coefficient (Wildman–Crippen LogP) is 6.01. The number of hydrogen-bond donors (Lipinski definition) is 1. The predicted molar refractivity (Wildman–Crippen MR) is 134 cm³/mol. The first kappa shape index (κ1) is 24.9. The van der Waals surface area contributed by atoms with Crippen LogP contribution in [0, 0.1) is 6.92 Å². The van der Waals surface area contributed by atoms with E-state index in [1.54, 1.807) is 17.0 Å². The first-order valence-electron chi connectivity index (χ1n) is 11.0. The van der Waals surface area contributed by atoms with Crippen LogP contribution in [0.3, 0.4) is 0 Å². The number of carbonyl (C=O) groups is 2. The van der Waals surface area contributed by atoms with Gasteiger partial charge in [0.1, 0.15) is 6.04 Å². The van der Waals surface area contributed by atoms with E-state index in [9.17, 15) is 9.59 Å². The van der Waals surface area contributed by atoms with Crippen molar-refractivity contribution in [2.45, 2.75) is 63.9 Å². The summed E-state index contributed by atoms with van der Waals surface area (Å²) in [4.78, 5) is 27.8. The Balaban J connectivity index is 1.66. The number of thioether (sulfide) groups is 1. The Morgan fingerprint density at radius 2 is 1.91 bits per heavy atom. The molecule has 3 rings (SSSR count). The largest absolute Gasteiger partial charge is 0.352 e. The van der Waals surface area contributed by atoms with Gasteiger partial charge in [0, 0.05) is 28.4 Å². The molecule has 0 spiro atoms. The van der Waals surface area contributed by atoms with E-state index in [4.69, 9.17) is 23.2 Å². The zero-order valence-corrected chi connectivity index (χ0v) is 20.9. The summed E-state index contributed by atoms with van der Waals surface area (Å²) in [7, 11) is 0. The highest BCUT2D eigenvalue weighted by molar-refractivity contribution is 7.99. The van der Waals surface area contributed by atoms with E-state index in [0.29, 0.717) is 22.3 Å². The summed E-state index contributed by atoms with van der Waals surface area (Å²) >= 11 is 13.7. The van der Waals surface area contributed by atoms with Crippen LogP contribution in [0.1, 0.15) is 49.3 Å². The summed E-state index contributed by atoms with van der Waals surface area (Å²) in [5.74, 6) is 0.730. The molecule has 2 aromatic rings. The van der Waals surface area contributed by atoms with Crippen molar-refractivity contribution in [3.8, 4) is 0 Å². The van der Waals surface area contributed by atoms with E-state index in [2.05, 4.69) is 11.4 Å².